The summed E-state index contributed by atoms with van der Waals surface area (Å²) < 4.78 is 2.10. The van der Waals surface area contributed by atoms with Crippen molar-refractivity contribution >= 4 is 43.3 Å². The van der Waals surface area contributed by atoms with Crippen LogP contribution >= 0.6 is 11.3 Å². The molecule has 7 heteroatoms. The predicted octanol–water partition coefficient (Wildman–Crippen LogP) is 2.51. The molecule has 0 amide bonds. The Hall–Kier alpha value is -2.54. The fraction of sp³-hybridized carbons (Fsp3) is 0.200. The predicted molar refractivity (Wildman–Crippen MR) is 91.4 cm³/mol. The summed E-state index contributed by atoms with van der Waals surface area (Å²) in [6, 6.07) is 0. The molecule has 3 heterocycles. The van der Waals surface area contributed by atoms with Crippen LogP contribution in [0.3, 0.4) is 0 Å². The zero-order valence-corrected chi connectivity index (χ0v) is 13.4. The van der Waals surface area contributed by atoms with Crippen LogP contribution in [-0.2, 0) is 0 Å². The van der Waals surface area contributed by atoms with E-state index in [2.05, 4.69) is 21.5 Å². The van der Waals surface area contributed by atoms with Crippen LogP contribution in [0.2, 0.25) is 0 Å². The number of nitrogens with zero attached hydrogens (tertiary/aromatic N) is 5. The number of thiophene rings is 1. The minimum atomic E-state index is -0.103. The van der Waals surface area contributed by atoms with Gasteiger partial charge in [-0.15, -0.1) is 11.3 Å². The number of hydrogen-bond donors (Lipinski definition) is 0. The van der Waals surface area contributed by atoms with E-state index in [1.807, 2.05) is 25.9 Å². The van der Waals surface area contributed by atoms with Gasteiger partial charge in [-0.1, -0.05) is 12.7 Å². The highest BCUT2D eigenvalue weighted by Crippen LogP contribution is 2.33. The number of rotatable bonds is 3. The van der Waals surface area contributed by atoms with Crippen LogP contribution in [0, 0.1) is 0 Å². The molecule has 3 aromatic rings. The smallest absolute Gasteiger partial charge is 0.275 e. The van der Waals surface area contributed by atoms with Crippen LogP contribution in [0.5, 0.6) is 0 Å². The van der Waals surface area contributed by atoms with Gasteiger partial charge in [0.2, 0.25) is 0 Å². The van der Waals surface area contributed by atoms with Crippen molar-refractivity contribution in [2.24, 2.45) is 0 Å². The third-order valence-electron chi connectivity index (χ3n) is 3.32. The van der Waals surface area contributed by atoms with Gasteiger partial charge in [-0.3, -0.25) is 9.36 Å². The van der Waals surface area contributed by atoms with E-state index in [0.717, 1.165) is 21.7 Å². The SMILES string of the molecule is C=C/C=C(\C)n1cnc2c(sc3ncnc(N(C)C)c32)c1=O. The Bertz CT molecular complexity index is 967. The summed E-state index contributed by atoms with van der Waals surface area (Å²) in [4.78, 5) is 28.4. The first-order valence-corrected chi connectivity index (χ1v) is 7.48. The Morgan fingerprint density at radius 3 is 2.82 bits per heavy atom. The molecular formula is C15H15N5OS. The second-order valence-corrected chi connectivity index (χ2v) is 6.01. The van der Waals surface area contributed by atoms with Crippen molar-refractivity contribution in [2.75, 3.05) is 19.0 Å². The molecule has 0 aliphatic heterocycles. The lowest BCUT2D eigenvalue weighted by Crippen LogP contribution is -2.18. The zero-order chi connectivity index (χ0) is 15.9. The topological polar surface area (TPSA) is 63.9 Å². The zero-order valence-electron chi connectivity index (χ0n) is 12.6. The molecule has 0 spiro atoms. The maximum absolute atomic E-state index is 12.7. The van der Waals surface area contributed by atoms with Crippen LogP contribution in [0.25, 0.3) is 26.1 Å². The van der Waals surface area contributed by atoms with Crippen molar-refractivity contribution in [1.29, 1.82) is 0 Å². The summed E-state index contributed by atoms with van der Waals surface area (Å²) in [5, 5.41) is 0.821. The highest BCUT2D eigenvalue weighted by atomic mass is 32.1. The minimum absolute atomic E-state index is 0.103. The van der Waals surface area contributed by atoms with Gasteiger partial charge in [0.25, 0.3) is 5.56 Å². The Morgan fingerprint density at radius 1 is 1.36 bits per heavy atom. The molecule has 22 heavy (non-hydrogen) atoms. The van der Waals surface area contributed by atoms with E-state index in [0.29, 0.717) is 10.2 Å². The van der Waals surface area contributed by atoms with Crippen LogP contribution in [0.1, 0.15) is 6.92 Å². The lowest BCUT2D eigenvalue weighted by Gasteiger charge is -2.11. The molecule has 0 atom stereocenters. The van der Waals surface area contributed by atoms with Gasteiger partial charge >= 0.3 is 0 Å². The minimum Gasteiger partial charge on any atom is -0.362 e. The van der Waals surface area contributed by atoms with Crippen molar-refractivity contribution in [2.45, 2.75) is 6.92 Å². The first-order valence-electron chi connectivity index (χ1n) is 6.66. The van der Waals surface area contributed by atoms with Gasteiger partial charge in [0.05, 0.1) is 5.39 Å². The maximum Gasteiger partial charge on any atom is 0.275 e. The Balaban J connectivity index is 2.41. The summed E-state index contributed by atoms with van der Waals surface area (Å²) in [6.45, 7) is 5.49. The standard InChI is InChI=1S/C15H15N5OS/c1-5-6-9(2)20-8-18-11-10-13(19(3)4)16-7-17-14(10)22-12(11)15(20)21/h5-8H,1H2,2-4H3/b9-6+. The lowest BCUT2D eigenvalue weighted by atomic mass is 10.3. The van der Waals surface area contributed by atoms with E-state index >= 15 is 0 Å². The van der Waals surface area contributed by atoms with Crippen molar-refractivity contribution in [3.8, 4) is 0 Å². The normalized spacial score (nSPS) is 12.0. The molecular weight excluding hydrogens is 298 g/mol. The molecule has 0 saturated heterocycles. The largest absolute Gasteiger partial charge is 0.362 e. The van der Waals surface area contributed by atoms with E-state index in [1.54, 1.807) is 18.5 Å². The first kappa shape index (κ1) is 14.4. The summed E-state index contributed by atoms with van der Waals surface area (Å²) >= 11 is 1.34. The molecule has 0 fully saturated rings. The Morgan fingerprint density at radius 2 is 2.14 bits per heavy atom. The molecule has 0 saturated carbocycles. The van der Waals surface area contributed by atoms with E-state index in [4.69, 9.17) is 0 Å². The summed E-state index contributed by atoms with van der Waals surface area (Å²) in [7, 11) is 3.81. The first-order chi connectivity index (χ1) is 10.5. The molecule has 3 aromatic heterocycles. The van der Waals surface area contributed by atoms with Crippen molar-refractivity contribution in [1.82, 2.24) is 19.5 Å². The fourth-order valence-corrected chi connectivity index (χ4v) is 3.31. The molecule has 0 aromatic carbocycles. The van der Waals surface area contributed by atoms with Crippen LogP contribution < -0.4 is 10.5 Å². The average Bonchev–Trinajstić information content (AvgIpc) is 2.87. The van der Waals surface area contributed by atoms with Gasteiger partial charge in [0.15, 0.2) is 0 Å². The summed E-state index contributed by atoms with van der Waals surface area (Å²) in [5.74, 6) is 0.763. The molecule has 0 bridgehead atoms. The van der Waals surface area contributed by atoms with Crippen LogP contribution in [-0.4, -0.2) is 33.6 Å². The lowest BCUT2D eigenvalue weighted by molar-refractivity contribution is 0.983. The monoisotopic (exact) mass is 313 g/mol. The summed E-state index contributed by atoms with van der Waals surface area (Å²) in [6.07, 6.45) is 6.47. The van der Waals surface area contributed by atoms with E-state index in [9.17, 15) is 4.79 Å². The van der Waals surface area contributed by atoms with Gasteiger partial charge < -0.3 is 4.90 Å². The highest BCUT2D eigenvalue weighted by molar-refractivity contribution is 7.25. The molecule has 0 aliphatic carbocycles. The number of fused-ring (bicyclic) bond motifs is 3. The van der Waals surface area contributed by atoms with Gasteiger partial charge in [-0.05, 0) is 13.0 Å². The third kappa shape index (κ3) is 2.10. The second kappa shape index (κ2) is 5.34. The molecule has 0 unspecified atom stereocenters. The summed E-state index contributed by atoms with van der Waals surface area (Å²) in [5.41, 5.74) is 1.32. The van der Waals surface area contributed by atoms with E-state index in [1.165, 1.54) is 22.2 Å². The molecule has 0 N–H and O–H groups in total. The van der Waals surface area contributed by atoms with Gasteiger partial charge in [0.1, 0.15) is 33.5 Å². The van der Waals surface area contributed by atoms with Crippen molar-refractivity contribution < 1.29 is 0 Å². The average molecular weight is 313 g/mol. The molecule has 112 valence electrons. The van der Waals surface area contributed by atoms with Crippen LogP contribution in [0.4, 0.5) is 5.82 Å². The van der Waals surface area contributed by atoms with Gasteiger partial charge in [-0.2, -0.15) is 0 Å². The quantitative estimate of drug-likeness (QED) is 0.695. The Labute approximate surface area is 131 Å². The highest BCUT2D eigenvalue weighted by Gasteiger charge is 2.17. The third-order valence-corrected chi connectivity index (χ3v) is 4.40. The fourth-order valence-electron chi connectivity index (χ4n) is 2.29. The van der Waals surface area contributed by atoms with Gasteiger partial charge in [0, 0.05) is 19.8 Å². The molecule has 3 rings (SSSR count). The van der Waals surface area contributed by atoms with Crippen molar-refractivity contribution in [3.63, 3.8) is 0 Å². The van der Waals surface area contributed by atoms with E-state index < -0.39 is 0 Å². The van der Waals surface area contributed by atoms with E-state index in [-0.39, 0.29) is 5.56 Å². The van der Waals surface area contributed by atoms with Gasteiger partial charge in [-0.25, -0.2) is 15.0 Å². The molecule has 6 nitrogen and oxygen atoms in total. The number of hydrogen-bond acceptors (Lipinski definition) is 6. The molecule has 0 aliphatic rings. The number of allylic oxidation sites excluding steroid dienone is 3. The van der Waals surface area contributed by atoms with Crippen molar-refractivity contribution in [3.05, 3.63) is 41.7 Å². The number of aromatic nitrogens is 4. The maximum atomic E-state index is 12.7. The number of anilines is 1. The second-order valence-electron chi connectivity index (χ2n) is 5.02. The molecule has 0 radical (unpaired) electrons. The Kier molecular flexibility index (Phi) is 3.50. The van der Waals surface area contributed by atoms with Crippen LogP contribution in [0.15, 0.2) is 36.2 Å².